The van der Waals surface area contributed by atoms with Crippen LogP contribution in [-0.4, -0.2) is 18.5 Å². The predicted octanol–water partition coefficient (Wildman–Crippen LogP) is 2.61. The Morgan fingerprint density at radius 2 is 1.95 bits per heavy atom. The van der Waals surface area contributed by atoms with Gasteiger partial charge in [-0.1, -0.05) is 31.9 Å². The maximum Gasteiger partial charge on any atom is 0.234 e. The van der Waals surface area contributed by atoms with Gasteiger partial charge in [0.15, 0.2) is 0 Å². The summed E-state index contributed by atoms with van der Waals surface area (Å²) in [5, 5.41) is 6.19. The number of benzene rings is 1. The van der Waals surface area contributed by atoms with E-state index in [9.17, 15) is 9.18 Å². The molecule has 20 heavy (non-hydrogen) atoms. The Hall–Kier alpha value is -1.42. The molecule has 1 aliphatic rings. The van der Waals surface area contributed by atoms with Gasteiger partial charge in [-0.15, -0.1) is 0 Å². The summed E-state index contributed by atoms with van der Waals surface area (Å²) in [5.41, 5.74) is 0.908. The number of halogens is 1. The van der Waals surface area contributed by atoms with Gasteiger partial charge in [-0.05, 0) is 36.5 Å². The third kappa shape index (κ3) is 4.60. The van der Waals surface area contributed by atoms with Crippen LogP contribution in [0.3, 0.4) is 0 Å². The number of carbonyl (C=O) groups excluding carboxylic acids is 1. The van der Waals surface area contributed by atoms with Crippen LogP contribution in [0.15, 0.2) is 24.3 Å². The molecule has 0 aromatic heterocycles. The first-order chi connectivity index (χ1) is 9.65. The topological polar surface area (TPSA) is 41.1 Å². The lowest BCUT2D eigenvalue weighted by molar-refractivity contribution is -0.120. The van der Waals surface area contributed by atoms with E-state index in [0.29, 0.717) is 25.0 Å². The third-order valence-corrected chi connectivity index (χ3v) is 4.04. The Morgan fingerprint density at radius 1 is 1.25 bits per heavy atom. The Kier molecular flexibility index (Phi) is 5.53. The zero-order valence-corrected chi connectivity index (χ0v) is 12.0. The number of hydrogen-bond acceptors (Lipinski definition) is 2. The number of rotatable bonds is 5. The Balaban J connectivity index is 1.68. The summed E-state index contributed by atoms with van der Waals surface area (Å²) in [6.45, 7) is 3.05. The zero-order valence-electron chi connectivity index (χ0n) is 12.0. The molecular weight excluding hydrogens is 255 g/mol. The van der Waals surface area contributed by atoms with E-state index in [2.05, 4.69) is 17.6 Å². The van der Waals surface area contributed by atoms with Crippen LogP contribution < -0.4 is 10.6 Å². The zero-order chi connectivity index (χ0) is 14.4. The highest BCUT2D eigenvalue weighted by molar-refractivity contribution is 5.78. The summed E-state index contributed by atoms with van der Waals surface area (Å²) in [6, 6.07) is 6.64. The lowest BCUT2D eigenvalue weighted by atomic mass is 9.86. The van der Waals surface area contributed by atoms with Gasteiger partial charge in [0.2, 0.25) is 5.91 Å². The molecule has 0 saturated heterocycles. The molecule has 0 spiro atoms. The normalized spacial score (nSPS) is 22.5. The van der Waals surface area contributed by atoms with Crippen LogP contribution in [0, 0.1) is 11.7 Å². The van der Waals surface area contributed by atoms with Crippen LogP contribution in [0.25, 0.3) is 0 Å². The lowest BCUT2D eigenvalue weighted by Crippen LogP contribution is -2.43. The molecule has 1 saturated carbocycles. The summed E-state index contributed by atoms with van der Waals surface area (Å²) >= 11 is 0. The molecule has 3 nitrogen and oxygen atoms in total. The first-order valence-corrected chi connectivity index (χ1v) is 7.39. The number of amides is 1. The van der Waals surface area contributed by atoms with E-state index in [1.165, 1.54) is 31.4 Å². The van der Waals surface area contributed by atoms with E-state index in [4.69, 9.17) is 0 Å². The van der Waals surface area contributed by atoms with Crippen molar-refractivity contribution in [3.8, 4) is 0 Å². The van der Waals surface area contributed by atoms with Crippen LogP contribution >= 0.6 is 0 Å². The molecule has 0 heterocycles. The minimum atomic E-state index is -0.256. The van der Waals surface area contributed by atoms with Gasteiger partial charge < -0.3 is 10.6 Å². The molecule has 2 rings (SSSR count). The van der Waals surface area contributed by atoms with E-state index >= 15 is 0 Å². The van der Waals surface area contributed by atoms with Crippen LogP contribution in [0.2, 0.25) is 0 Å². The summed E-state index contributed by atoms with van der Waals surface area (Å²) in [4.78, 5) is 11.8. The molecule has 0 unspecified atom stereocenters. The van der Waals surface area contributed by atoms with Crippen molar-refractivity contribution in [3.05, 3.63) is 35.6 Å². The molecule has 0 bridgehead atoms. The molecule has 1 fully saturated rings. The van der Waals surface area contributed by atoms with Crippen molar-refractivity contribution in [2.75, 3.05) is 6.54 Å². The smallest absolute Gasteiger partial charge is 0.234 e. The van der Waals surface area contributed by atoms with E-state index in [1.54, 1.807) is 12.1 Å². The summed E-state index contributed by atoms with van der Waals surface area (Å²) < 4.78 is 12.8. The minimum absolute atomic E-state index is 0.00732. The molecule has 2 N–H and O–H groups in total. The Morgan fingerprint density at radius 3 is 2.65 bits per heavy atom. The SMILES string of the molecule is C[C@H]1CCCC[C@H]1NCC(=O)NCc1ccc(F)cc1. The Bertz CT molecular complexity index is 433. The quantitative estimate of drug-likeness (QED) is 0.869. The van der Waals surface area contributed by atoms with Crippen molar-refractivity contribution in [1.82, 2.24) is 10.6 Å². The maximum absolute atomic E-state index is 12.8. The lowest BCUT2D eigenvalue weighted by Gasteiger charge is -2.29. The van der Waals surface area contributed by atoms with Gasteiger partial charge in [-0.25, -0.2) is 4.39 Å². The van der Waals surface area contributed by atoms with Crippen LogP contribution in [0.1, 0.15) is 38.2 Å². The van der Waals surface area contributed by atoms with Gasteiger partial charge in [-0.3, -0.25) is 4.79 Å². The maximum atomic E-state index is 12.8. The first-order valence-electron chi connectivity index (χ1n) is 7.39. The van der Waals surface area contributed by atoms with Crippen LogP contribution in [0.5, 0.6) is 0 Å². The fraction of sp³-hybridized carbons (Fsp3) is 0.562. The molecule has 0 aliphatic heterocycles. The highest BCUT2D eigenvalue weighted by Gasteiger charge is 2.21. The fourth-order valence-electron chi connectivity index (χ4n) is 2.71. The highest BCUT2D eigenvalue weighted by atomic mass is 19.1. The molecule has 1 aromatic carbocycles. The molecular formula is C16H23FN2O. The van der Waals surface area contributed by atoms with Crippen LogP contribution in [0.4, 0.5) is 4.39 Å². The average molecular weight is 278 g/mol. The number of nitrogens with one attached hydrogen (secondary N) is 2. The summed E-state index contributed by atoms with van der Waals surface area (Å²) in [6.07, 6.45) is 4.95. The summed E-state index contributed by atoms with van der Waals surface area (Å²) in [7, 11) is 0. The molecule has 1 aromatic rings. The molecule has 1 aliphatic carbocycles. The van der Waals surface area contributed by atoms with Crippen molar-refractivity contribution in [2.24, 2.45) is 5.92 Å². The molecule has 110 valence electrons. The third-order valence-electron chi connectivity index (χ3n) is 4.04. The number of carbonyl (C=O) groups is 1. The number of hydrogen-bond donors (Lipinski definition) is 2. The largest absolute Gasteiger partial charge is 0.351 e. The minimum Gasteiger partial charge on any atom is -0.351 e. The summed E-state index contributed by atoms with van der Waals surface area (Å²) in [5.74, 6) is 0.383. The monoisotopic (exact) mass is 278 g/mol. The van der Waals surface area contributed by atoms with Crippen molar-refractivity contribution in [2.45, 2.75) is 45.2 Å². The Labute approximate surface area is 120 Å². The second-order valence-corrected chi connectivity index (χ2v) is 5.65. The van der Waals surface area contributed by atoms with E-state index in [0.717, 1.165) is 12.0 Å². The van der Waals surface area contributed by atoms with Crippen LogP contribution in [-0.2, 0) is 11.3 Å². The van der Waals surface area contributed by atoms with Gasteiger partial charge in [0.25, 0.3) is 0 Å². The van der Waals surface area contributed by atoms with E-state index < -0.39 is 0 Å². The van der Waals surface area contributed by atoms with Crippen molar-refractivity contribution >= 4 is 5.91 Å². The molecule has 2 atom stereocenters. The molecule has 0 radical (unpaired) electrons. The van der Waals surface area contributed by atoms with Crippen molar-refractivity contribution < 1.29 is 9.18 Å². The average Bonchev–Trinajstić information content (AvgIpc) is 2.46. The first kappa shape index (κ1) is 15.0. The van der Waals surface area contributed by atoms with Gasteiger partial charge in [0.1, 0.15) is 5.82 Å². The van der Waals surface area contributed by atoms with Crippen molar-refractivity contribution in [3.63, 3.8) is 0 Å². The van der Waals surface area contributed by atoms with Gasteiger partial charge in [0.05, 0.1) is 6.54 Å². The van der Waals surface area contributed by atoms with E-state index in [1.807, 2.05) is 0 Å². The standard InChI is InChI=1S/C16H23FN2O/c1-12-4-2-3-5-15(12)18-11-16(20)19-10-13-6-8-14(17)9-7-13/h6-9,12,15,18H,2-5,10-11H2,1H3,(H,19,20)/t12-,15+/m0/s1. The predicted molar refractivity (Wildman–Crippen MR) is 77.7 cm³/mol. The molecule has 1 amide bonds. The van der Waals surface area contributed by atoms with Gasteiger partial charge >= 0.3 is 0 Å². The van der Waals surface area contributed by atoms with Gasteiger partial charge in [0, 0.05) is 12.6 Å². The highest BCUT2D eigenvalue weighted by Crippen LogP contribution is 2.23. The van der Waals surface area contributed by atoms with E-state index in [-0.39, 0.29) is 11.7 Å². The van der Waals surface area contributed by atoms with Gasteiger partial charge in [-0.2, -0.15) is 0 Å². The second kappa shape index (κ2) is 7.39. The second-order valence-electron chi connectivity index (χ2n) is 5.65. The fourth-order valence-corrected chi connectivity index (χ4v) is 2.71. The van der Waals surface area contributed by atoms with Crippen molar-refractivity contribution in [1.29, 1.82) is 0 Å². The molecule has 4 heteroatoms.